The van der Waals surface area contributed by atoms with E-state index in [0.29, 0.717) is 13.0 Å². The molecule has 2 aromatic carbocycles. The number of benzene rings is 2. The summed E-state index contributed by atoms with van der Waals surface area (Å²) in [5, 5.41) is 11.5. The minimum atomic E-state index is -4.79. The first-order valence-corrected chi connectivity index (χ1v) is 9.31. The van der Waals surface area contributed by atoms with Gasteiger partial charge in [0.2, 0.25) is 0 Å². The molecule has 1 aromatic heterocycles. The fourth-order valence-electron chi connectivity index (χ4n) is 2.67. The maximum Gasteiger partial charge on any atom is 0.425 e. The zero-order valence-corrected chi connectivity index (χ0v) is 17.2. The number of para-hydroxylation sites is 1. The zero-order valence-electron chi connectivity index (χ0n) is 16.5. The summed E-state index contributed by atoms with van der Waals surface area (Å²) in [6.07, 6.45) is -5.93. The number of carbonyl (C=O) groups is 1. The average Bonchev–Trinajstić information content (AvgIpc) is 3.03. The van der Waals surface area contributed by atoms with Crippen molar-refractivity contribution in [1.29, 1.82) is 0 Å². The molecule has 0 aliphatic rings. The smallest absolute Gasteiger partial charge is 0.425 e. The standard InChI is InChI=1S/C20H15ClF5N3O3/c1-9(20(24,25)26)32-16-7-10(15-8-29(2)19(31)27-15)14(23)6-11(16)18(30)28-17-12(21)4-3-5-13(17)22/h3-9H,1-2H3,(H,27,31)(H,28,30)/t9-/m0/s1. The number of nitrogens with zero attached hydrogens (tertiary/aromatic N) is 2. The largest absolute Gasteiger partial charge is 0.480 e. The molecule has 0 saturated carbocycles. The highest BCUT2D eigenvalue weighted by Gasteiger charge is 2.39. The van der Waals surface area contributed by atoms with E-state index in [9.17, 15) is 31.9 Å². The van der Waals surface area contributed by atoms with Crippen LogP contribution in [0.2, 0.25) is 5.02 Å². The van der Waals surface area contributed by atoms with Crippen LogP contribution in [-0.2, 0) is 7.05 Å². The SMILES string of the molecule is C[C@H](Oc1cc(-c2cn(C)c(O)n2)c(F)cc1C(=O)Nc1c(F)cccc1Cl)C(F)(F)F. The summed E-state index contributed by atoms with van der Waals surface area (Å²) in [6.45, 7) is 0.699. The van der Waals surface area contributed by atoms with Crippen molar-refractivity contribution in [1.82, 2.24) is 9.55 Å². The number of aromatic nitrogens is 2. The predicted molar refractivity (Wildman–Crippen MR) is 106 cm³/mol. The summed E-state index contributed by atoms with van der Waals surface area (Å²) in [5.74, 6) is -3.74. The summed E-state index contributed by atoms with van der Waals surface area (Å²) in [4.78, 5) is 16.4. The van der Waals surface area contributed by atoms with E-state index in [0.717, 1.165) is 16.7 Å². The van der Waals surface area contributed by atoms with Crippen LogP contribution >= 0.6 is 11.6 Å². The van der Waals surface area contributed by atoms with Crippen LogP contribution in [0.15, 0.2) is 36.5 Å². The molecule has 0 unspecified atom stereocenters. The van der Waals surface area contributed by atoms with E-state index in [4.69, 9.17) is 16.3 Å². The normalized spacial score (nSPS) is 12.5. The van der Waals surface area contributed by atoms with Gasteiger partial charge in [-0.25, -0.2) is 8.78 Å². The fraction of sp³-hybridized carbons (Fsp3) is 0.200. The summed E-state index contributed by atoms with van der Waals surface area (Å²) in [5.41, 5.74) is -1.52. The highest BCUT2D eigenvalue weighted by atomic mass is 35.5. The van der Waals surface area contributed by atoms with Crippen LogP contribution in [0, 0.1) is 11.6 Å². The monoisotopic (exact) mass is 475 g/mol. The summed E-state index contributed by atoms with van der Waals surface area (Å²) >= 11 is 5.86. The lowest BCUT2D eigenvalue weighted by Crippen LogP contribution is -2.32. The third-order valence-corrected chi connectivity index (χ3v) is 4.72. The Balaban J connectivity index is 2.09. The van der Waals surface area contributed by atoms with Gasteiger partial charge in [-0.2, -0.15) is 18.2 Å². The molecule has 3 aromatic rings. The molecule has 6 nitrogen and oxygen atoms in total. The Hall–Kier alpha value is -3.34. The van der Waals surface area contributed by atoms with E-state index >= 15 is 0 Å². The van der Waals surface area contributed by atoms with E-state index in [2.05, 4.69) is 10.3 Å². The Bertz CT molecular complexity index is 1140. The molecular formula is C20H15ClF5N3O3. The van der Waals surface area contributed by atoms with Crippen molar-refractivity contribution in [2.75, 3.05) is 5.32 Å². The van der Waals surface area contributed by atoms with Crippen LogP contribution in [0.4, 0.5) is 27.6 Å². The third-order valence-electron chi connectivity index (χ3n) is 4.41. The van der Waals surface area contributed by atoms with Crippen LogP contribution in [0.1, 0.15) is 17.3 Å². The molecule has 2 N–H and O–H groups in total. The van der Waals surface area contributed by atoms with Gasteiger partial charge in [0.05, 0.1) is 22.0 Å². The molecule has 0 aliphatic carbocycles. The van der Waals surface area contributed by atoms with Gasteiger partial charge in [0.15, 0.2) is 6.10 Å². The number of hydrogen-bond acceptors (Lipinski definition) is 4. The molecule has 0 aliphatic heterocycles. The average molecular weight is 476 g/mol. The molecule has 3 rings (SSSR count). The van der Waals surface area contributed by atoms with Gasteiger partial charge in [-0.3, -0.25) is 4.79 Å². The second-order valence-corrected chi connectivity index (χ2v) is 7.12. The maximum absolute atomic E-state index is 14.8. The van der Waals surface area contributed by atoms with Crippen LogP contribution < -0.4 is 10.1 Å². The van der Waals surface area contributed by atoms with Gasteiger partial charge in [0.25, 0.3) is 11.9 Å². The van der Waals surface area contributed by atoms with Crippen molar-refractivity contribution >= 4 is 23.2 Å². The predicted octanol–water partition coefficient (Wildman–Crippen LogP) is 5.31. The van der Waals surface area contributed by atoms with E-state index in [1.807, 2.05) is 0 Å². The highest BCUT2D eigenvalue weighted by molar-refractivity contribution is 6.34. The van der Waals surface area contributed by atoms with Gasteiger partial charge in [-0.15, -0.1) is 0 Å². The Labute approximate surface area is 183 Å². The van der Waals surface area contributed by atoms with Crippen LogP contribution in [0.5, 0.6) is 11.8 Å². The molecule has 0 spiro atoms. The molecule has 0 radical (unpaired) electrons. The molecule has 1 atom stereocenters. The number of nitrogens with one attached hydrogen (secondary N) is 1. The Kier molecular flexibility index (Phi) is 6.31. The van der Waals surface area contributed by atoms with Crippen molar-refractivity contribution in [3.8, 4) is 23.0 Å². The number of rotatable bonds is 5. The first-order valence-electron chi connectivity index (χ1n) is 8.93. The quantitative estimate of drug-likeness (QED) is 0.491. The molecule has 1 amide bonds. The lowest BCUT2D eigenvalue weighted by molar-refractivity contribution is -0.189. The fourth-order valence-corrected chi connectivity index (χ4v) is 2.88. The Morgan fingerprint density at radius 3 is 2.50 bits per heavy atom. The van der Waals surface area contributed by atoms with Gasteiger partial charge in [0.1, 0.15) is 17.4 Å². The number of amides is 1. The number of aryl methyl sites for hydroxylation is 1. The molecule has 12 heteroatoms. The van der Waals surface area contributed by atoms with Crippen LogP contribution in [0.25, 0.3) is 11.3 Å². The van der Waals surface area contributed by atoms with Crippen molar-refractivity contribution < 1.29 is 36.6 Å². The van der Waals surface area contributed by atoms with E-state index in [1.165, 1.54) is 25.4 Å². The third kappa shape index (κ3) is 4.77. The number of carbonyl (C=O) groups excluding carboxylic acids is 1. The topological polar surface area (TPSA) is 76.4 Å². The minimum Gasteiger partial charge on any atom is -0.480 e. The number of aromatic hydroxyl groups is 1. The van der Waals surface area contributed by atoms with Gasteiger partial charge in [-0.05, 0) is 31.2 Å². The molecule has 0 saturated heterocycles. The molecule has 32 heavy (non-hydrogen) atoms. The van der Waals surface area contributed by atoms with Crippen LogP contribution in [-0.4, -0.2) is 32.8 Å². The molecular weight excluding hydrogens is 461 g/mol. The number of ether oxygens (including phenoxy) is 1. The van der Waals surface area contributed by atoms with Gasteiger partial charge < -0.3 is 19.7 Å². The van der Waals surface area contributed by atoms with E-state index < -0.39 is 52.8 Å². The lowest BCUT2D eigenvalue weighted by atomic mass is 10.1. The first kappa shape index (κ1) is 23.3. The van der Waals surface area contributed by atoms with Gasteiger partial charge in [0, 0.05) is 18.8 Å². The van der Waals surface area contributed by atoms with Crippen molar-refractivity contribution in [3.05, 3.63) is 58.7 Å². The molecule has 0 bridgehead atoms. The van der Waals surface area contributed by atoms with Crippen molar-refractivity contribution in [3.63, 3.8) is 0 Å². The van der Waals surface area contributed by atoms with Crippen molar-refractivity contribution in [2.24, 2.45) is 7.05 Å². The minimum absolute atomic E-state index is 0.115. The summed E-state index contributed by atoms with van der Waals surface area (Å²) in [6, 6.07) is 4.56. The van der Waals surface area contributed by atoms with E-state index in [-0.39, 0.29) is 16.3 Å². The van der Waals surface area contributed by atoms with Gasteiger partial charge >= 0.3 is 6.18 Å². The first-order chi connectivity index (χ1) is 14.9. The second kappa shape index (κ2) is 8.65. The second-order valence-electron chi connectivity index (χ2n) is 6.72. The number of imidazole rings is 1. The summed E-state index contributed by atoms with van der Waals surface area (Å²) < 4.78 is 74.1. The lowest BCUT2D eigenvalue weighted by Gasteiger charge is -2.20. The van der Waals surface area contributed by atoms with E-state index in [1.54, 1.807) is 0 Å². The number of anilines is 1. The van der Waals surface area contributed by atoms with Crippen LogP contribution in [0.3, 0.4) is 0 Å². The maximum atomic E-state index is 14.8. The highest BCUT2D eigenvalue weighted by Crippen LogP contribution is 2.35. The molecule has 0 fully saturated rings. The number of hydrogen-bond donors (Lipinski definition) is 2. The number of alkyl halides is 3. The van der Waals surface area contributed by atoms with Gasteiger partial charge in [-0.1, -0.05) is 17.7 Å². The molecule has 170 valence electrons. The molecule has 1 heterocycles. The summed E-state index contributed by atoms with van der Waals surface area (Å²) in [7, 11) is 1.41. The Morgan fingerprint density at radius 2 is 1.94 bits per heavy atom. The number of halogens is 6. The van der Waals surface area contributed by atoms with Crippen molar-refractivity contribution in [2.45, 2.75) is 19.2 Å². The zero-order chi connectivity index (χ0) is 23.8. The Morgan fingerprint density at radius 1 is 1.25 bits per heavy atom.